The molecule has 1 aliphatic rings. The van der Waals surface area contributed by atoms with Crippen molar-refractivity contribution in [2.75, 3.05) is 19.7 Å². The average Bonchev–Trinajstić information content (AvgIpc) is 2.68. The molecule has 0 aromatic carbocycles. The van der Waals surface area contributed by atoms with Gasteiger partial charge in [-0.3, -0.25) is 4.79 Å². The lowest BCUT2D eigenvalue weighted by Gasteiger charge is -2.38. The molecule has 0 saturated carbocycles. The van der Waals surface area contributed by atoms with Crippen LogP contribution >= 0.6 is 0 Å². The van der Waals surface area contributed by atoms with E-state index < -0.39 is 40.7 Å². The predicted octanol–water partition coefficient (Wildman–Crippen LogP) is 0.946. The molecule has 1 heterocycles. The topological polar surface area (TPSA) is 178 Å². The molecule has 1 aliphatic heterocycles. The summed E-state index contributed by atoms with van der Waals surface area (Å²) in [6.45, 7) is 9.45. The largest absolute Gasteiger partial charge is 0.464 e. The molecule has 4 N–H and O–H groups in total. The SMILES string of the molecule is CCOC(=O)C1CC(C)CCN1C(=O)[C@@H](CCCN=C(N)N[N+](=O)[O-])NC(=O)OC(C)(C)C. The van der Waals surface area contributed by atoms with Crippen molar-refractivity contribution >= 4 is 23.9 Å². The molecule has 1 saturated heterocycles. The summed E-state index contributed by atoms with van der Waals surface area (Å²) in [5.41, 5.74) is 6.36. The third-order valence-corrected chi connectivity index (χ3v) is 4.83. The number of guanidine groups is 1. The number of piperidine rings is 1. The van der Waals surface area contributed by atoms with Crippen molar-refractivity contribution < 1.29 is 28.9 Å². The van der Waals surface area contributed by atoms with E-state index in [9.17, 15) is 24.5 Å². The Kier molecular flexibility index (Phi) is 10.8. The molecular formula is C20H36N6O7. The summed E-state index contributed by atoms with van der Waals surface area (Å²) in [6, 6.07) is -1.72. The highest BCUT2D eigenvalue weighted by Crippen LogP contribution is 2.25. The van der Waals surface area contributed by atoms with E-state index in [2.05, 4.69) is 10.3 Å². The number of hydrazine groups is 1. The van der Waals surface area contributed by atoms with Gasteiger partial charge in [-0.25, -0.2) is 24.7 Å². The number of alkyl carbamates (subject to hydrolysis) is 1. The molecule has 2 amide bonds. The van der Waals surface area contributed by atoms with E-state index in [-0.39, 0.29) is 31.4 Å². The molecule has 3 atom stereocenters. The Morgan fingerprint density at radius 1 is 1.33 bits per heavy atom. The number of hydrogen-bond donors (Lipinski definition) is 3. The minimum Gasteiger partial charge on any atom is -0.464 e. The predicted molar refractivity (Wildman–Crippen MR) is 120 cm³/mol. The van der Waals surface area contributed by atoms with Gasteiger partial charge in [0.15, 0.2) is 5.03 Å². The van der Waals surface area contributed by atoms with Crippen LogP contribution in [0.3, 0.4) is 0 Å². The molecule has 2 unspecified atom stereocenters. The zero-order valence-electron chi connectivity index (χ0n) is 20.0. The van der Waals surface area contributed by atoms with Gasteiger partial charge in [-0.15, -0.1) is 0 Å². The van der Waals surface area contributed by atoms with Crippen LogP contribution in [0.25, 0.3) is 0 Å². The van der Waals surface area contributed by atoms with Crippen LogP contribution in [0.2, 0.25) is 0 Å². The Hall–Kier alpha value is -3.12. The number of nitrogens with zero attached hydrogens (tertiary/aromatic N) is 3. The first kappa shape index (κ1) is 27.9. The number of amides is 2. The van der Waals surface area contributed by atoms with Gasteiger partial charge < -0.3 is 25.4 Å². The van der Waals surface area contributed by atoms with Gasteiger partial charge in [0.25, 0.3) is 5.96 Å². The van der Waals surface area contributed by atoms with Crippen LogP contribution < -0.4 is 16.5 Å². The first-order chi connectivity index (χ1) is 15.3. The molecule has 0 aromatic rings. The molecule has 0 radical (unpaired) electrons. The van der Waals surface area contributed by atoms with E-state index >= 15 is 0 Å². The number of carbonyl (C=O) groups is 3. The van der Waals surface area contributed by atoms with E-state index in [1.54, 1.807) is 33.1 Å². The number of aliphatic imine (C=N–C) groups is 1. The molecular weight excluding hydrogens is 436 g/mol. The minimum atomic E-state index is -0.981. The lowest BCUT2D eigenvalue weighted by atomic mass is 9.91. The van der Waals surface area contributed by atoms with E-state index in [1.807, 2.05) is 6.92 Å². The highest BCUT2D eigenvalue weighted by atomic mass is 16.7. The third kappa shape index (κ3) is 10.4. The summed E-state index contributed by atoms with van der Waals surface area (Å²) >= 11 is 0. The van der Waals surface area contributed by atoms with Gasteiger partial charge in [0.2, 0.25) is 5.91 Å². The Morgan fingerprint density at radius 2 is 2.00 bits per heavy atom. The minimum absolute atomic E-state index is 0.0881. The van der Waals surface area contributed by atoms with Crippen LogP contribution in [-0.4, -0.2) is 71.2 Å². The Morgan fingerprint density at radius 3 is 2.58 bits per heavy atom. The lowest BCUT2D eigenvalue weighted by molar-refractivity contribution is -0.525. The number of rotatable bonds is 9. The highest BCUT2D eigenvalue weighted by molar-refractivity contribution is 5.90. The number of esters is 1. The van der Waals surface area contributed by atoms with Gasteiger partial charge in [0.1, 0.15) is 17.7 Å². The molecule has 1 rings (SSSR count). The maximum Gasteiger partial charge on any atom is 0.408 e. The fraction of sp³-hybridized carbons (Fsp3) is 0.800. The average molecular weight is 473 g/mol. The second-order valence-electron chi connectivity index (χ2n) is 8.91. The molecule has 0 spiro atoms. The van der Waals surface area contributed by atoms with Crippen molar-refractivity contribution in [2.45, 2.75) is 78.0 Å². The van der Waals surface area contributed by atoms with Crippen LogP contribution in [0.1, 0.15) is 60.3 Å². The fourth-order valence-corrected chi connectivity index (χ4v) is 3.40. The normalized spacial score (nSPS) is 19.9. The highest BCUT2D eigenvalue weighted by Gasteiger charge is 2.39. The van der Waals surface area contributed by atoms with Crippen molar-refractivity contribution in [3.05, 3.63) is 10.1 Å². The maximum absolute atomic E-state index is 13.4. The van der Waals surface area contributed by atoms with Gasteiger partial charge in [0, 0.05) is 13.1 Å². The van der Waals surface area contributed by atoms with Crippen LogP contribution in [0.5, 0.6) is 0 Å². The summed E-state index contributed by atoms with van der Waals surface area (Å²) in [4.78, 5) is 53.9. The summed E-state index contributed by atoms with van der Waals surface area (Å²) in [5.74, 6) is -1.02. The quantitative estimate of drug-likeness (QED) is 0.110. The molecule has 13 nitrogen and oxygen atoms in total. The third-order valence-electron chi connectivity index (χ3n) is 4.83. The van der Waals surface area contributed by atoms with Crippen molar-refractivity contribution in [2.24, 2.45) is 16.6 Å². The fourth-order valence-electron chi connectivity index (χ4n) is 3.40. The number of ether oxygens (including phenoxy) is 2. The standard InChI is InChI=1S/C20H36N6O7/c1-6-32-17(28)15-12-13(2)9-11-25(15)16(27)14(23-19(29)33-20(3,4)5)8-7-10-22-18(21)24-26(30)31/h13-15H,6-12H2,1-5H3,(H,23,29)(H3,21,22,24)/t13?,14-,15?/m1/s1. The van der Waals surface area contributed by atoms with Gasteiger partial charge >= 0.3 is 12.1 Å². The first-order valence-corrected chi connectivity index (χ1v) is 11.0. The Labute approximate surface area is 193 Å². The molecule has 33 heavy (non-hydrogen) atoms. The summed E-state index contributed by atoms with van der Waals surface area (Å²) in [7, 11) is 0. The lowest BCUT2D eigenvalue weighted by Crippen LogP contribution is -2.57. The second kappa shape index (κ2) is 12.8. The molecule has 1 fully saturated rings. The molecule has 0 bridgehead atoms. The monoisotopic (exact) mass is 472 g/mol. The van der Waals surface area contributed by atoms with Gasteiger partial charge in [-0.05, 0) is 59.3 Å². The summed E-state index contributed by atoms with van der Waals surface area (Å²) in [5, 5.41) is 12.1. The number of nitrogens with two attached hydrogens (primary N) is 1. The van der Waals surface area contributed by atoms with Crippen molar-refractivity contribution in [1.82, 2.24) is 15.6 Å². The second-order valence-corrected chi connectivity index (χ2v) is 8.91. The van der Waals surface area contributed by atoms with E-state index in [1.165, 1.54) is 4.90 Å². The van der Waals surface area contributed by atoms with E-state index in [4.69, 9.17) is 15.2 Å². The van der Waals surface area contributed by atoms with Crippen LogP contribution in [-0.2, 0) is 19.1 Å². The molecule has 188 valence electrons. The molecule has 13 heteroatoms. The zero-order chi connectivity index (χ0) is 25.2. The van der Waals surface area contributed by atoms with Crippen molar-refractivity contribution in [3.8, 4) is 0 Å². The summed E-state index contributed by atoms with van der Waals surface area (Å²) < 4.78 is 10.4. The smallest absolute Gasteiger partial charge is 0.408 e. The first-order valence-electron chi connectivity index (χ1n) is 11.0. The Balaban J connectivity index is 2.97. The number of likely N-dealkylation sites (tertiary alicyclic amines) is 1. The van der Waals surface area contributed by atoms with Crippen LogP contribution in [0.15, 0.2) is 4.99 Å². The maximum atomic E-state index is 13.4. The molecule has 0 aromatic heterocycles. The molecule has 0 aliphatic carbocycles. The van der Waals surface area contributed by atoms with Gasteiger partial charge in [0.05, 0.1) is 6.61 Å². The van der Waals surface area contributed by atoms with Crippen LogP contribution in [0.4, 0.5) is 4.79 Å². The number of hydrogen-bond acceptors (Lipinski definition) is 8. The Bertz CT molecular complexity index is 737. The van der Waals surface area contributed by atoms with E-state index in [0.717, 1.165) is 0 Å². The number of carbonyl (C=O) groups excluding carboxylic acids is 3. The van der Waals surface area contributed by atoms with Gasteiger partial charge in [-0.2, -0.15) is 0 Å². The number of nitrogens with one attached hydrogen (secondary N) is 2. The van der Waals surface area contributed by atoms with Crippen molar-refractivity contribution in [3.63, 3.8) is 0 Å². The number of nitro groups is 1. The van der Waals surface area contributed by atoms with Crippen LogP contribution in [0, 0.1) is 16.0 Å². The zero-order valence-corrected chi connectivity index (χ0v) is 20.0. The van der Waals surface area contributed by atoms with Crippen molar-refractivity contribution in [1.29, 1.82) is 0 Å². The summed E-state index contributed by atoms with van der Waals surface area (Å²) in [6.07, 6.45) is 0.873. The van der Waals surface area contributed by atoms with E-state index in [0.29, 0.717) is 25.8 Å². The van der Waals surface area contributed by atoms with Gasteiger partial charge in [-0.1, -0.05) is 12.3 Å².